The Labute approximate surface area is 322 Å². The van der Waals surface area contributed by atoms with Crippen LogP contribution in [-0.2, 0) is 60.0 Å². The third kappa shape index (κ3) is 9.45. The van der Waals surface area contributed by atoms with Crippen LogP contribution in [0.3, 0.4) is 0 Å². The van der Waals surface area contributed by atoms with Crippen LogP contribution in [0, 0.1) is 0 Å². The van der Waals surface area contributed by atoms with E-state index in [0.29, 0.717) is 0 Å². The summed E-state index contributed by atoms with van der Waals surface area (Å²) in [5.74, 6) is -3.19. The first-order valence-corrected chi connectivity index (χ1v) is 23.4. The van der Waals surface area contributed by atoms with Crippen LogP contribution in [0.25, 0.3) is 22.3 Å². The number of anilines is 2. The van der Waals surface area contributed by atoms with Crippen LogP contribution in [0.15, 0.2) is 25.3 Å². The average molecular weight is 889 g/mol. The molecule has 12 atom stereocenters. The van der Waals surface area contributed by atoms with E-state index < -0.39 is 104 Å². The summed E-state index contributed by atoms with van der Waals surface area (Å²) in [5, 5.41) is 0. The quantitative estimate of drug-likeness (QED) is 0.0736. The number of nitrogens with zero attached hydrogens (tertiary/aromatic N) is 8. The Balaban J connectivity index is 1.05. The maximum absolute atomic E-state index is 13.0. The lowest BCUT2D eigenvalue weighted by Gasteiger charge is -2.24. The zero-order chi connectivity index (χ0) is 41.5. The number of hydrogen-bond acceptors (Lipinski definition) is 21. The molecule has 2 aliphatic heterocycles. The second kappa shape index (κ2) is 17.0. The van der Waals surface area contributed by atoms with E-state index in [0.717, 1.165) is 0 Å². The third-order valence-electron chi connectivity index (χ3n) is 8.83. The van der Waals surface area contributed by atoms with Gasteiger partial charge in [0, 0.05) is 28.4 Å². The Kier molecular flexibility index (Phi) is 13.0. The minimum absolute atomic E-state index is 0.101. The number of imidazole rings is 2. The predicted molar refractivity (Wildman–Crippen MR) is 193 cm³/mol. The molecule has 27 nitrogen and oxygen atoms in total. The normalized spacial score (nSPS) is 29.6. The summed E-state index contributed by atoms with van der Waals surface area (Å²) in [5.41, 5.74) is 12.9. The highest BCUT2D eigenvalue weighted by Crippen LogP contribution is 2.69. The molecule has 6 rings (SSSR count). The first-order chi connectivity index (χ1) is 26.8. The molecule has 2 saturated heterocycles. The summed E-state index contributed by atoms with van der Waals surface area (Å²) in [6, 6.07) is 0. The summed E-state index contributed by atoms with van der Waals surface area (Å²) in [6.07, 6.45) is -2.58. The summed E-state index contributed by atoms with van der Waals surface area (Å²) in [4.78, 5) is 66.2. The molecule has 0 bridgehead atoms. The van der Waals surface area contributed by atoms with Crippen molar-refractivity contribution < 1.29 is 79.6 Å². The average Bonchev–Trinajstić information content (AvgIpc) is 3.90. The molecule has 0 aliphatic carbocycles. The van der Waals surface area contributed by atoms with Crippen molar-refractivity contribution in [3.8, 4) is 0 Å². The molecule has 57 heavy (non-hydrogen) atoms. The van der Waals surface area contributed by atoms with Gasteiger partial charge in [-0.25, -0.2) is 34.2 Å². The Hall–Kier alpha value is -2.90. The van der Waals surface area contributed by atoms with Crippen molar-refractivity contribution in [1.29, 1.82) is 0 Å². The van der Waals surface area contributed by atoms with Crippen molar-refractivity contribution in [2.24, 2.45) is 0 Å². The fraction of sp³-hybridized carbons (Fsp3) is 0.615. The van der Waals surface area contributed by atoms with Gasteiger partial charge >= 0.3 is 30.4 Å². The van der Waals surface area contributed by atoms with E-state index in [1.54, 1.807) is 0 Å². The summed E-state index contributed by atoms with van der Waals surface area (Å²) in [6.45, 7) is -1.42. The molecule has 0 aromatic carbocycles. The van der Waals surface area contributed by atoms with Gasteiger partial charge in [-0.05, 0) is 0 Å². The van der Waals surface area contributed by atoms with Crippen LogP contribution in [0.1, 0.15) is 12.5 Å². The van der Waals surface area contributed by atoms with Gasteiger partial charge in [0.05, 0.1) is 25.9 Å². The molecule has 316 valence electrons. The third-order valence-corrected chi connectivity index (χ3v) is 17.7. The van der Waals surface area contributed by atoms with Crippen molar-refractivity contribution in [1.82, 2.24) is 39.0 Å². The molecule has 0 radical (unpaired) electrons. The number of hydrogen-bond donors (Lipinski definition) is 6. The van der Waals surface area contributed by atoms with Gasteiger partial charge in [0.15, 0.2) is 47.2 Å². The number of ether oxygens (including phenoxy) is 6. The zero-order valence-electron chi connectivity index (χ0n) is 30.4. The van der Waals surface area contributed by atoms with Crippen molar-refractivity contribution in [2.75, 3.05) is 64.9 Å². The molecule has 0 amide bonds. The second-order valence-corrected chi connectivity index (χ2v) is 21.1. The summed E-state index contributed by atoms with van der Waals surface area (Å²) in [7, 11) is -15.9. The van der Waals surface area contributed by atoms with E-state index in [9.17, 15) is 37.8 Å². The highest BCUT2D eigenvalue weighted by Gasteiger charge is 2.50. The predicted octanol–water partition coefficient (Wildman–Crippen LogP) is 0.392. The lowest BCUT2D eigenvalue weighted by molar-refractivity contribution is -0.0566. The number of methoxy groups -OCH3 is 4. The zero-order valence-corrected chi connectivity index (χ0v) is 34.0. The van der Waals surface area contributed by atoms with Crippen LogP contribution in [0.5, 0.6) is 0 Å². The molecule has 2 fully saturated rings. The Morgan fingerprint density at radius 2 is 0.965 bits per heavy atom. The molecule has 31 heteroatoms. The van der Waals surface area contributed by atoms with Crippen molar-refractivity contribution in [3.63, 3.8) is 0 Å². The fourth-order valence-electron chi connectivity index (χ4n) is 6.48. The minimum atomic E-state index is -5.50. The number of fused-ring (bicyclic) bond motifs is 2. The smallest absolute Gasteiger partial charge is 0.347 e. The number of aromatic nitrogens is 8. The minimum Gasteiger partial charge on any atom is -0.382 e. The van der Waals surface area contributed by atoms with E-state index in [-0.39, 0.29) is 34.0 Å². The summed E-state index contributed by atoms with van der Waals surface area (Å²) >= 11 is 0. The van der Waals surface area contributed by atoms with Crippen molar-refractivity contribution in [2.45, 2.75) is 49.1 Å². The lowest BCUT2D eigenvalue weighted by Crippen LogP contribution is -2.37. The standard InChI is InChI=1S/C26H40N10O17P4/c1-45-17-13(51-25(19(17)47-3)35-9-33-15-21(27)29-7-31-23(15)35)5-49-54(37,38)11-56(41,42)53-57(43,44)12-55(39,40)50-6-14-18(46-2)20(48-4)26(52-14)36-10-34-16-22(28)30-8-32-24(16)36/h7-10,13-14,17-20,25-26H,5-6,11-12H2,1-4H3,(H,37,38)(H,39,40)(H,41,42)(H,43,44)(H2,27,29,31)(H2,28,30,32)/t13-,14-,17+,18+,19?,20?,25-,26-/m1/s1. The monoisotopic (exact) mass is 888 g/mol. The van der Waals surface area contributed by atoms with Crippen LogP contribution < -0.4 is 11.5 Å². The first kappa shape index (κ1) is 43.7. The van der Waals surface area contributed by atoms with Gasteiger partial charge in [-0.3, -0.25) is 27.4 Å². The van der Waals surface area contributed by atoms with E-state index in [1.807, 2.05) is 0 Å². The molecule has 0 spiro atoms. The number of nitrogen functional groups attached to an aromatic ring is 2. The van der Waals surface area contributed by atoms with Gasteiger partial charge in [0.2, 0.25) is 0 Å². The molecule has 6 heterocycles. The highest BCUT2D eigenvalue weighted by atomic mass is 31.3. The first-order valence-electron chi connectivity index (χ1n) is 16.4. The van der Waals surface area contributed by atoms with E-state index >= 15 is 0 Å². The molecule has 4 aromatic heterocycles. The number of rotatable bonds is 18. The lowest BCUT2D eigenvalue weighted by atomic mass is 10.1. The van der Waals surface area contributed by atoms with E-state index in [2.05, 4.69) is 34.2 Å². The van der Waals surface area contributed by atoms with Crippen LogP contribution >= 0.6 is 30.4 Å². The van der Waals surface area contributed by atoms with Gasteiger partial charge in [-0.1, -0.05) is 0 Å². The molecule has 0 saturated carbocycles. The molecule has 2 aliphatic rings. The van der Waals surface area contributed by atoms with Gasteiger partial charge in [-0.15, -0.1) is 0 Å². The van der Waals surface area contributed by atoms with Gasteiger partial charge in [0.25, 0.3) is 0 Å². The maximum atomic E-state index is 13.0. The summed E-state index contributed by atoms with van der Waals surface area (Å²) < 4.78 is 103. The number of nitrogens with two attached hydrogens (primary N) is 2. The van der Waals surface area contributed by atoms with E-state index in [1.165, 1.54) is 62.9 Å². The Bertz CT molecular complexity index is 2110. The molecule has 8 N–H and O–H groups in total. The van der Waals surface area contributed by atoms with Gasteiger partial charge in [-0.2, -0.15) is 0 Å². The maximum Gasteiger partial charge on any atom is 0.347 e. The molecule has 4 aromatic rings. The SMILES string of the molecule is COC1[C@@H](OC)[C@@H](COP(=O)(O)CP(=O)(O)OP(=O)(O)CP(=O)(O)OC[C@H]2O[C@@H](n3cnc4c(N)ncnc43)C(OC)[C@H]2OC)O[C@H]1n1cnc2c(N)ncnc21. The Morgan fingerprint density at radius 1 is 0.596 bits per heavy atom. The Morgan fingerprint density at radius 3 is 1.32 bits per heavy atom. The van der Waals surface area contributed by atoms with Crippen molar-refractivity contribution >= 4 is 64.3 Å². The molecule has 6 unspecified atom stereocenters. The van der Waals surface area contributed by atoms with Crippen LogP contribution in [0.2, 0.25) is 0 Å². The highest BCUT2D eigenvalue weighted by molar-refractivity contribution is 7.78. The van der Waals surface area contributed by atoms with Crippen LogP contribution in [-0.4, -0.2) is 149 Å². The molecular formula is C26H40N10O17P4. The largest absolute Gasteiger partial charge is 0.382 e. The van der Waals surface area contributed by atoms with E-state index in [4.69, 9.17) is 48.9 Å². The topological polar surface area (TPSA) is 372 Å². The van der Waals surface area contributed by atoms with Gasteiger partial charge < -0.3 is 68.5 Å². The fourth-order valence-corrected chi connectivity index (χ4v) is 14.4. The van der Waals surface area contributed by atoms with Crippen LogP contribution in [0.4, 0.5) is 11.6 Å². The van der Waals surface area contributed by atoms with Crippen molar-refractivity contribution in [3.05, 3.63) is 25.3 Å². The van der Waals surface area contributed by atoms with Gasteiger partial charge in [0.1, 0.15) is 60.3 Å². The molecular weight excluding hydrogens is 848 g/mol. The second-order valence-electron chi connectivity index (χ2n) is 12.6.